The fourth-order valence-electron chi connectivity index (χ4n) is 5.02. The summed E-state index contributed by atoms with van der Waals surface area (Å²) in [6, 6.07) is 17.0. The normalized spacial score (nSPS) is 17.4. The molecular formula is C27H24Cl3N3O. The summed E-state index contributed by atoms with van der Waals surface area (Å²) in [7, 11) is 0. The Bertz CT molecular complexity index is 1230. The largest absolute Gasteiger partial charge is 0.307 e. The molecular weight excluding hydrogens is 489 g/mol. The first-order valence-corrected chi connectivity index (χ1v) is 12.4. The lowest BCUT2D eigenvalue weighted by atomic mass is 9.74. The van der Waals surface area contributed by atoms with Crippen molar-refractivity contribution >= 4 is 52.5 Å². The van der Waals surface area contributed by atoms with Gasteiger partial charge in [-0.15, -0.1) is 0 Å². The molecule has 0 atom stereocenters. The molecule has 1 amide bonds. The second-order valence-electron chi connectivity index (χ2n) is 8.95. The first-order valence-electron chi connectivity index (χ1n) is 11.3. The van der Waals surface area contributed by atoms with E-state index in [9.17, 15) is 4.79 Å². The molecule has 0 bridgehead atoms. The number of likely N-dealkylation sites (tertiary alicyclic amines) is 1. The van der Waals surface area contributed by atoms with Crippen LogP contribution >= 0.6 is 34.8 Å². The Kier molecular flexibility index (Phi) is 6.67. The summed E-state index contributed by atoms with van der Waals surface area (Å²) in [4.78, 5) is 21.8. The minimum absolute atomic E-state index is 0.0573. The van der Waals surface area contributed by atoms with Gasteiger partial charge in [0.1, 0.15) is 5.15 Å². The lowest BCUT2D eigenvalue weighted by Gasteiger charge is -2.39. The van der Waals surface area contributed by atoms with E-state index in [-0.39, 0.29) is 11.3 Å². The fraction of sp³-hybridized carbons (Fsp3) is 0.259. The summed E-state index contributed by atoms with van der Waals surface area (Å²) in [5, 5.41) is 1.76. The van der Waals surface area contributed by atoms with Crippen molar-refractivity contribution in [2.24, 2.45) is 0 Å². The van der Waals surface area contributed by atoms with Crippen LogP contribution in [-0.4, -0.2) is 42.0 Å². The number of hydrogen-bond donors (Lipinski definition) is 0. The van der Waals surface area contributed by atoms with Crippen molar-refractivity contribution in [3.8, 4) is 0 Å². The Morgan fingerprint density at radius 3 is 2.44 bits per heavy atom. The van der Waals surface area contributed by atoms with Gasteiger partial charge in [0.05, 0.1) is 0 Å². The van der Waals surface area contributed by atoms with Crippen LogP contribution in [0.25, 0.3) is 6.08 Å². The molecule has 2 aromatic carbocycles. The molecule has 3 heterocycles. The van der Waals surface area contributed by atoms with Gasteiger partial charge in [-0.05, 0) is 79.5 Å². The topological polar surface area (TPSA) is 36.4 Å². The Labute approximate surface area is 214 Å². The molecule has 2 aliphatic rings. The van der Waals surface area contributed by atoms with Crippen molar-refractivity contribution in [2.75, 3.05) is 31.1 Å². The maximum absolute atomic E-state index is 13.4. The van der Waals surface area contributed by atoms with E-state index in [0.717, 1.165) is 48.7 Å². The second-order valence-corrected chi connectivity index (χ2v) is 10.2. The average molecular weight is 513 g/mol. The monoisotopic (exact) mass is 511 g/mol. The molecule has 0 saturated carbocycles. The van der Waals surface area contributed by atoms with Gasteiger partial charge in [-0.1, -0.05) is 59.1 Å². The van der Waals surface area contributed by atoms with E-state index in [1.807, 2.05) is 47.4 Å². The van der Waals surface area contributed by atoms with Gasteiger partial charge < -0.3 is 4.90 Å². The Balaban J connectivity index is 1.31. The van der Waals surface area contributed by atoms with Gasteiger partial charge in [-0.25, -0.2) is 4.98 Å². The van der Waals surface area contributed by atoms with Gasteiger partial charge >= 0.3 is 0 Å². The van der Waals surface area contributed by atoms with Gasteiger partial charge in [0, 0.05) is 46.0 Å². The smallest absolute Gasteiger partial charge is 0.258 e. The van der Waals surface area contributed by atoms with Crippen molar-refractivity contribution in [3.05, 3.63) is 98.8 Å². The number of piperidine rings is 1. The number of hydrogen-bond acceptors (Lipinski definition) is 3. The molecule has 1 aromatic heterocycles. The summed E-state index contributed by atoms with van der Waals surface area (Å²) in [6.45, 7) is 3.45. The Morgan fingerprint density at radius 1 is 0.971 bits per heavy atom. The van der Waals surface area contributed by atoms with Gasteiger partial charge in [0.25, 0.3) is 5.91 Å². The number of halogens is 3. The van der Waals surface area contributed by atoms with Crippen LogP contribution in [0.15, 0.2) is 66.9 Å². The maximum Gasteiger partial charge on any atom is 0.258 e. The molecule has 4 nitrogen and oxygen atoms in total. The molecule has 0 N–H and O–H groups in total. The highest BCUT2D eigenvalue weighted by atomic mass is 35.5. The molecule has 5 rings (SSSR count). The standard InChI is InChI=1S/C27H24Cl3N3O/c28-21-5-3-19(4-6-21)2-1-13-32-14-10-27(11-15-32)18-33(24-8-7-22(29)17-23(24)27)26(34)20-9-12-31-25(30)16-20/h1-9,12,16-17H,10-11,13-15,18H2. The summed E-state index contributed by atoms with van der Waals surface area (Å²) in [5.74, 6) is -0.0573. The molecule has 174 valence electrons. The molecule has 7 heteroatoms. The minimum atomic E-state index is -0.0941. The van der Waals surface area contributed by atoms with Crippen LogP contribution in [-0.2, 0) is 5.41 Å². The minimum Gasteiger partial charge on any atom is -0.307 e. The maximum atomic E-state index is 13.4. The van der Waals surface area contributed by atoms with Crippen molar-refractivity contribution in [1.82, 2.24) is 9.88 Å². The van der Waals surface area contributed by atoms with E-state index in [1.54, 1.807) is 18.3 Å². The van der Waals surface area contributed by atoms with Crippen molar-refractivity contribution < 1.29 is 4.79 Å². The van der Waals surface area contributed by atoms with Gasteiger partial charge in [-0.3, -0.25) is 9.69 Å². The molecule has 1 spiro atoms. The van der Waals surface area contributed by atoms with E-state index < -0.39 is 0 Å². The summed E-state index contributed by atoms with van der Waals surface area (Å²) >= 11 is 18.4. The van der Waals surface area contributed by atoms with Crippen LogP contribution in [0.1, 0.15) is 34.3 Å². The highest BCUT2D eigenvalue weighted by molar-refractivity contribution is 6.31. The fourth-order valence-corrected chi connectivity index (χ4v) is 5.49. The van der Waals surface area contributed by atoms with Gasteiger partial charge in [-0.2, -0.15) is 0 Å². The highest BCUT2D eigenvalue weighted by Gasteiger charge is 2.46. The zero-order valence-electron chi connectivity index (χ0n) is 18.6. The lowest BCUT2D eigenvalue weighted by Crippen LogP contribution is -2.46. The summed E-state index contributed by atoms with van der Waals surface area (Å²) in [6.07, 6.45) is 7.83. The van der Waals surface area contributed by atoms with E-state index in [4.69, 9.17) is 34.8 Å². The first-order chi connectivity index (χ1) is 16.4. The Hall–Kier alpha value is -2.37. The number of carbonyl (C=O) groups is 1. The zero-order chi connectivity index (χ0) is 23.7. The first kappa shape index (κ1) is 23.4. The van der Waals surface area contributed by atoms with Crippen LogP contribution in [0.3, 0.4) is 0 Å². The zero-order valence-corrected chi connectivity index (χ0v) is 20.8. The van der Waals surface area contributed by atoms with Crippen LogP contribution in [0.4, 0.5) is 5.69 Å². The summed E-state index contributed by atoms with van der Waals surface area (Å²) in [5.41, 5.74) is 3.71. The molecule has 0 unspecified atom stereocenters. The lowest BCUT2D eigenvalue weighted by molar-refractivity contribution is 0.0977. The Morgan fingerprint density at radius 2 is 1.71 bits per heavy atom. The second kappa shape index (κ2) is 9.71. The predicted molar refractivity (Wildman–Crippen MR) is 140 cm³/mol. The number of carbonyl (C=O) groups excluding carboxylic acids is 1. The van der Waals surface area contributed by atoms with Crippen LogP contribution in [0.2, 0.25) is 15.2 Å². The SMILES string of the molecule is O=C(c1ccnc(Cl)c1)N1CC2(CCN(CC=Cc3ccc(Cl)cc3)CC2)c2cc(Cl)ccc21. The molecule has 34 heavy (non-hydrogen) atoms. The van der Waals surface area contributed by atoms with E-state index in [0.29, 0.717) is 22.3 Å². The van der Waals surface area contributed by atoms with Crippen molar-refractivity contribution in [1.29, 1.82) is 0 Å². The number of amides is 1. The van der Waals surface area contributed by atoms with E-state index in [1.165, 1.54) is 5.56 Å². The third-order valence-electron chi connectivity index (χ3n) is 6.86. The van der Waals surface area contributed by atoms with Crippen LogP contribution < -0.4 is 4.90 Å². The van der Waals surface area contributed by atoms with Crippen LogP contribution in [0.5, 0.6) is 0 Å². The number of fused-ring (bicyclic) bond motifs is 2. The number of nitrogens with zero attached hydrogens (tertiary/aromatic N) is 3. The van der Waals surface area contributed by atoms with E-state index in [2.05, 4.69) is 22.0 Å². The quantitative estimate of drug-likeness (QED) is 0.363. The molecule has 0 aliphatic carbocycles. The predicted octanol–water partition coefficient (Wildman–Crippen LogP) is 6.75. The van der Waals surface area contributed by atoms with Crippen molar-refractivity contribution in [2.45, 2.75) is 18.3 Å². The van der Waals surface area contributed by atoms with Crippen molar-refractivity contribution in [3.63, 3.8) is 0 Å². The van der Waals surface area contributed by atoms with Crippen LogP contribution in [0, 0.1) is 0 Å². The molecule has 0 radical (unpaired) electrons. The summed E-state index contributed by atoms with van der Waals surface area (Å²) < 4.78 is 0. The average Bonchev–Trinajstić information content (AvgIpc) is 3.14. The number of anilines is 1. The number of rotatable bonds is 4. The van der Waals surface area contributed by atoms with Gasteiger partial charge in [0.15, 0.2) is 0 Å². The van der Waals surface area contributed by atoms with Gasteiger partial charge in [0.2, 0.25) is 0 Å². The molecule has 1 saturated heterocycles. The number of pyridine rings is 1. The van der Waals surface area contributed by atoms with E-state index >= 15 is 0 Å². The molecule has 3 aromatic rings. The number of aromatic nitrogens is 1. The third-order valence-corrected chi connectivity index (χ3v) is 7.55. The number of benzene rings is 2. The highest BCUT2D eigenvalue weighted by Crippen LogP contribution is 2.48. The molecule has 2 aliphatic heterocycles. The third kappa shape index (κ3) is 4.73. The molecule has 1 fully saturated rings.